The lowest BCUT2D eigenvalue weighted by molar-refractivity contribution is -0.119. The van der Waals surface area contributed by atoms with Crippen LogP contribution in [0, 0.1) is 11.3 Å². The lowest BCUT2D eigenvalue weighted by Gasteiger charge is -2.15. The third kappa shape index (κ3) is 3.70. The second-order valence-electron chi connectivity index (χ2n) is 6.18. The molecule has 1 aliphatic heterocycles. The van der Waals surface area contributed by atoms with Crippen LogP contribution in [-0.4, -0.2) is 11.8 Å². The average molecular weight is 421 g/mol. The summed E-state index contributed by atoms with van der Waals surface area (Å²) >= 11 is 7.23. The molecular formula is C22H13ClN2O3S. The number of rotatable bonds is 5. The van der Waals surface area contributed by atoms with E-state index < -0.39 is 11.8 Å². The molecule has 7 heteroatoms. The van der Waals surface area contributed by atoms with Crippen LogP contribution in [0.2, 0.25) is 5.02 Å². The smallest absolute Gasteiger partial charge is 0.272 e. The molecule has 0 saturated heterocycles. The molecule has 0 fully saturated rings. The van der Waals surface area contributed by atoms with Crippen LogP contribution in [0.1, 0.15) is 16.9 Å². The quantitative estimate of drug-likeness (QED) is 0.541. The van der Waals surface area contributed by atoms with Crippen molar-refractivity contribution < 1.29 is 14.0 Å². The minimum Gasteiger partial charge on any atom is -0.468 e. The summed E-state index contributed by atoms with van der Waals surface area (Å²) in [5.74, 6) is 0.305. The van der Waals surface area contributed by atoms with Gasteiger partial charge in [-0.3, -0.25) is 9.59 Å². The fourth-order valence-electron chi connectivity index (χ4n) is 2.97. The molecule has 0 spiro atoms. The zero-order valence-corrected chi connectivity index (χ0v) is 16.5. The van der Waals surface area contributed by atoms with E-state index >= 15 is 0 Å². The van der Waals surface area contributed by atoms with Crippen molar-refractivity contribution in [3.63, 3.8) is 0 Å². The second kappa shape index (κ2) is 8.00. The van der Waals surface area contributed by atoms with Gasteiger partial charge < -0.3 is 4.42 Å². The minimum atomic E-state index is -0.413. The van der Waals surface area contributed by atoms with E-state index in [1.54, 1.807) is 60.9 Å². The molecule has 0 aliphatic carbocycles. The van der Waals surface area contributed by atoms with E-state index in [0.717, 1.165) is 4.90 Å². The number of amides is 2. The lowest BCUT2D eigenvalue weighted by Crippen LogP contribution is -2.31. The first-order valence-electron chi connectivity index (χ1n) is 8.63. The van der Waals surface area contributed by atoms with E-state index in [4.69, 9.17) is 21.3 Å². The maximum Gasteiger partial charge on any atom is 0.272 e. The van der Waals surface area contributed by atoms with Crippen LogP contribution >= 0.6 is 23.4 Å². The van der Waals surface area contributed by atoms with Gasteiger partial charge in [0, 0.05) is 5.02 Å². The number of carbonyl (C=O) groups excluding carboxylic acids is 2. The Morgan fingerprint density at radius 3 is 2.34 bits per heavy atom. The summed E-state index contributed by atoms with van der Waals surface area (Å²) < 4.78 is 5.35. The SMILES string of the molecule is N#Cc1ccc(N2C(=O)C(SCc3ccco3)=C(c3ccc(Cl)cc3)C2=O)cc1. The number of hydrogen-bond donors (Lipinski definition) is 0. The first-order valence-corrected chi connectivity index (χ1v) is 9.99. The molecule has 0 bridgehead atoms. The van der Waals surface area contributed by atoms with Gasteiger partial charge in [0.05, 0.1) is 39.8 Å². The van der Waals surface area contributed by atoms with Crippen molar-refractivity contribution in [3.8, 4) is 6.07 Å². The van der Waals surface area contributed by atoms with Gasteiger partial charge in [0.25, 0.3) is 11.8 Å². The number of furan rings is 1. The van der Waals surface area contributed by atoms with E-state index in [1.807, 2.05) is 12.1 Å². The number of nitriles is 1. The van der Waals surface area contributed by atoms with Crippen LogP contribution in [0.3, 0.4) is 0 Å². The number of halogens is 1. The molecule has 0 N–H and O–H groups in total. The van der Waals surface area contributed by atoms with Crippen LogP contribution in [0.5, 0.6) is 0 Å². The molecule has 4 rings (SSSR count). The Labute approximate surface area is 176 Å². The van der Waals surface area contributed by atoms with Gasteiger partial charge in [-0.05, 0) is 54.1 Å². The summed E-state index contributed by atoms with van der Waals surface area (Å²) in [5, 5.41) is 9.53. The molecule has 5 nitrogen and oxygen atoms in total. The zero-order valence-electron chi connectivity index (χ0n) is 15.0. The highest BCUT2D eigenvalue weighted by Gasteiger charge is 2.40. The van der Waals surface area contributed by atoms with Gasteiger partial charge in [0.15, 0.2) is 0 Å². The predicted octanol–water partition coefficient (Wildman–Crippen LogP) is 5.02. The predicted molar refractivity (Wildman–Crippen MR) is 112 cm³/mol. The number of benzene rings is 2. The molecule has 1 aromatic heterocycles. The Morgan fingerprint density at radius 1 is 1.00 bits per heavy atom. The number of anilines is 1. The summed E-state index contributed by atoms with van der Waals surface area (Å²) in [4.78, 5) is 27.9. The van der Waals surface area contributed by atoms with Gasteiger partial charge in [-0.1, -0.05) is 23.7 Å². The fraction of sp³-hybridized carbons (Fsp3) is 0.0455. The van der Waals surface area contributed by atoms with Crippen molar-refractivity contribution in [1.29, 1.82) is 5.26 Å². The summed E-state index contributed by atoms with van der Waals surface area (Å²) in [6.45, 7) is 0. The highest BCUT2D eigenvalue weighted by molar-refractivity contribution is 8.03. The summed E-state index contributed by atoms with van der Waals surface area (Å²) in [5.41, 5.74) is 1.81. The molecule has 1 aliphatic rings. The van der Waals surface area contributed by atoms with Gasteiger partial charge in [0.2, 0.25) is 0 Å². The lowest BCUT2D eigenvalue weighted by atomic mass is 10.1. The third-order valence-corrected chi connectivity index (χ3v) is 5.72. The molecule has 29 heavy (non-hydrogen) atoms. The maximum atomic E-state index is 13.2. The van der Waals surface area contributed by atoms with Gasteiger partial charge in [-0.25, -0.2) is 4.90 Å². The first-order chi connectivity index (χ1) is 14.1. The van der Waals surface area contributed by atoms with Gasteiger partial charge >= 0.3 is 0 Å². The Balaban J connectivity index is 1.74. The fourth-order valence-corrected chi connectivity index (χ4v) is 4.11. The minimum absolute atomic E-state index is 0.326. The van der Waals surface area contributed by atoms with Crippen LogP contribution in [0.15, 0.2) is 76.2 Å². The average Bonchev–Trinajstić information content (AvgIpc) is 3.34. The molecule has 0 unspecified atom stereocenters. The van der Waals surface area contributed by atoms with Crippen molar-refractivity contribution in [3.05, 3.63) is 93.7 Å². The zero-order chi connectivity index (χ0) is 20.4. The van der Waals surface area contributed by atoms with Gasteiger partial charge in [0.1, 0.15) is 5.76 Å². The van der Waals surface area contributed by atoms with E-state index in [-0.39, 0.29) is 0 Å². The number of imide groups is 1. The van der Waals surface area contributed by atoms with Crippen LogP contribution in [0.25, 0.3) is 5.57 Å². The van der Waals surface area contributed by atoms with Crippen molar-refractivity contribution in [2.24, 2.45) is 0 Å². The monoisotopic (exact) mass is 420 g/mol. The normalized spacial score (nSPS) is 13.9. The van der Waals surface area contributed by atoms with E-state index in [0.29, 0.717) is 43.8 Å². The molecule has 0 saturated carbocycles. The largest absolute Gasteiger partial charge is 0.468 e. The van der Waals surface area contributed by atoms with Crippen LogP contribution in [0.4, 0.5) is 5.69 Å². The van der Waals surface area contributed by atoms with Crippen molar-refractivity contribution in [1.82, 2.24) is 0 Å². The van der Waals surface area contributed by atoms with Gasteiger partial charge in [-0.2, -0.15) is 5.26 Å². The summed E-state index contributed by atoms with van der Waals surface area (Å²) in [6.07, 6.45) is 1.56. The van der Waals surface area contributed by atoms with Crippen molar-refractivity contribution in [2.75, 3.05) is 4.90 Å². The van der Waals surface area contributed by atoms with Crippen LogP contribution in [-0.2, 0) is 15.3 Å². The molecule has 2 amide bonds. The third-order valence-electron chi connectivity index (χ3n) is 4.37. The first kappa shape index (κ1) is 19.1. The molecule has 2 heterocycles. The summed E-state index contributed by atoms with van der Waals surface area (Å²) in [7, 11) is 0. The highest BCUT2D eigenvalue weighted by atomic mass is 35.5. The Morgan fingerprint density at radius 2 is 1.72 bits per heavy atom. The van der Waals surface area contributed by atoms with E-state index in [2.05, 4.69) is 0 Å². The number of thioether (sulfide) groups is 1. The number of nitrogens with zero attached hydrogens (tertiary/aromatic N) is 2. The number of hydrogen-bond acceptors (Lipinski definition) is 5. The highest BCUT2D eigenvalue weighted by Crippen LogP contribution is 2.39. The maximum absolute atomic E-state index is 13.2. The Kier molecular flexibility index (Phi) is 5.26. The molecule has 0 radical (unpaired) electrons. The Bertz CT molecular complexity index is 1140. The second-order valence-corrected chi connectivity index (χ2v) is 7.61. The summed E-state index contributed by atoms with van der Waals surface area (Å²) in [6, 6.07) is 18.8. The molecule has 142 valence electrons. The van der Waals surface area contributed by atoms with Crippen molar-refractivity contribution in [2.45, 2.75) is 5.75 Å². The van der Waals surface area contributed by atoms with E-state index in [1.165, 1.54) is 11.8 Å². The molecule has 3 aromatic rings. The molecule has 0 atom stereocenters. The van der Waals surface area contributed by atoms with Crippen molar-refractivity contribution >= 4 is 46.4 Å². The molecule has 2 aromatic carbocycles. The Hall–Kier alpha value is -3.27. The standard InChI is InChI=1S/C22H13ClN2O3S/c23-16-7-5-15(6-8-16)19-20(29-13-18-2-1-11-28-18)22(27)25(21(19)26)17-9-3-14(12-24)4-10-17/h1-11H,13H2. The topological polar surface area (TPSA) is 74.3 Å². The van der Waals surface area contributed by atoms with E-state index in [9.17, 15) is 9.59 Å². The van der Waals surface area contributed by atoms with Gasteiger partial charge in [-0.15, -0.1) is 11.8 Å². The molecular weight excluding hydrogens is 408 g/mol. The number of carbonyl (C=O) groups is 2. The van der Waals surface area contributed by atoms with Crippen LogP contribution < -0.4 is 4.90 Å².